The van der Waals surface area contributed by atoms with Crippen LogP contribution in [-0.2, 0) is 4.79 Å². The lowest BCUT2D eigenvalue weighted by atomic mass is 10.2. The summed E-state index contributed by atoms with van der Waals surface area (Å²) >= 11 is 7.15. The molecule has 0 atom stereocenters. The lowest BCUT2D eigenvalue weighted by Crippen LogP contribution is -2.42. The van der Waals surface area contributed by atoms with Crippen LogP contribution in [0.3, 0.4) is 0 Å². The molecule has 2 heterocycles. The second-order valence-corrected chi connectivity index (χ2v) is 7.84. The second-order valence-electron chi connectivity index (χ2n) is 6.44. The van der Waals surface area contributed by atoms with Crippen LogP contribution in [-0.4, -0.2) is 44.4 Å². The predicted molar refractivity (Wildman–Crippen MR) is 121 cm³/mol. The predicted octanol–water partition coefficient (Wildman–Crippen LogP) is 3.03. The molecular formula is C21H17ClN6O3S. The van der Waals surface area contributed by atoms with Crippen LogP contribution in [0.15, 0.2) is 66.1 Å². The summed E-state index contributed by atoms with van der Waals surface area (Å²) in [4.78, 5) is 33.2. The summed E-state index contributed by atoms with van der Waals surface area (Å²) < 4.78 is 6.86. The Kier molecular flexibility index (Phi) is 6.52. The number of hydrazine groups is 1. The molecule has 0 saturated heterocycles. The normalized spacial score (nSPS) is 10.7. The molecule has 0 unspecified atom stereocenters. The van der Waals surface area contributed by atoms with E-state index in [2.05, 4.69) is 25.9 Å². The van der Waals surface area contributed by atoms with E-state index in [1.165, 1.54) is 31.3 Å². The van der Waals surface area contributed by atoms with Crippen molar-refractivity contribution in [2.75, 3.05) is 12.9 Å². The quantitative estimate of drug-likeness (QED) is 0.254. The molecule has 4 rings (SSSR count). The van der Waals surface area contributed by atoms with Crippen LogP contribution in [0.25, 0.3) is 16.7 Å². The van der Waals surface area contributed by atoms with Gasteiger partial charge in [-0.15, -0.1) is 0 Å². The molecule has 4 aromatic rings. The number of para-hydroxylation sites is 1. The molecule has 2 amide bonds. The summed E-state index contributed by atoms with van der Waals surface area (Å²) in [6.45, 7) is 0. The van der Waals surface area contributed by atoms with Gasteiger partial charge in [-0.2, -0.15) is 5.10 Å². The number of nitrogens with zero attached hydrogens (tertiary/aromatic N) is 4. The van der Waals surface area contributed by atoms with Crippen molar-refractivity contribution in [1.29, 1.82) is 0 Å². The zero-order valence-corrected chi connectivity index (χ0v) is 18.4. The Labute approximate surface area is 192 Å². The van der Waals surface area contributed by atoms with E-state index in [-0.39, 0.29) is 11.3 Å². The van der Waals surface area contributed by atoms with Crippen LogP contribution in [0.2, 0.25) is 5.02 Å². The topological polar surface area (TPSA) is 111 Å². The fraction of sp³-hybridized carbons (Fsp3) is 0.0952. The first-order valence-electron chi connectivity index (χ1n) is 9.36. The van der Waals surface area contributed by atoms with Gasteiger partial charge in [0.25, 0.3) is 5.91 Å². The molecule has 0 radical (unpaired) electrons. The van der Waals surface area contributed by atoms with Gasteiger partial charge in [-0.3, -0.25) is 20.4 Å². The van der Waals surface area contributed by atoms with Gasteiger partial charge < -0.3 is 4.74 Å². The molecule has 0 bridgehead atoms. The van der Waals surface area contributed by atoms with Crippen LogP contribution < -0.4 is 15.6 Å². The number of halogens is 1. The molecule has 0 aliphatic rings. The molecule has 0 fully saturated rings. The number of carbonyl (C=O) groups excluding carboxylic acids is 2. The highest BCUT2D eigenvalue weighted by Crippen LogP contribution is 2.26. The van der Waals surface area contributed by atoms with Crippen molar-refractivity contribution in [1.82, 2.24) is 30.6 Å². The summed E-state index contributed by atoms with van der Waals surface area (Å²) in [5, 5.41) is 6.10. The third-order valence-corrected chi connectivity index (χ3v) is 5.63. The number of hydrogen-bond donors (Lipinski definition) is 2. The number of thioether (sulfide) groups is 1. The van der Waals surface area contributed by atoms with E-state index in [1.807, 2.05) is 30.3 Å². The van der Waals surface area contributed by atoms with Crippen LogP contribution >= 0.6 is 23.4 Å². The van der Waals surface area contributed by atoms with Crippen molar-refractivity contribution in [2.45, 2.75) is 5.03 Å². The highest BCUT2D eigenvalue weighted by molar-refractivity contribution is 8.00. The molecule has 2 aromatic carbocycles. The van der Waals surface area contributed by atoms with Gasteiger partial charge >= 0.3 is 0 Å². The van der Waals surface area contributed by atoms with Gasteiger partial charge in [0.2, 0.25) is 5.91 Å². The Bertz CT molecular complexity index is 1280. The Morgan fingerprint density at radius 3 is 2.72 bits per heavy atom. The Hall–Kier alpha value is -3.63. The maximum Gasteiger partial charge on any atom is 0.273 e. The van der Waals surface area contributed by atoms with E-state index >= 15 is 0 Å². The second kappa shape index (κ2) is 9.67. The molecule has 162 valence electrons. The van der Waals surface area contributed by atoms with E-state index in [0.717, 1.165) is 11.1 Å². The highest BCUT2D eigenvalue weighted by Gasteiger charge is 2.15. The Morgan fingerprint density at radius 1 is 1.12 bits per heavy atom. The standard InChI is InChI=1S/C21H17ClN6O3S/c1-31-17-8-7-13(22)9-15(17)20(30)27-26-18(29)11-32-21-16-10-25-28(19(16)23-12-24-21)14-5-3-2-4-6-14/h2-10,12H,11H2,1H3,(H,26,29)(H,27,30). The molecule has 0 saturated carbocycles. The number of hydrogen-bond acceptors (Lipinski definition) is 7. The molecule has 2 aromatic heterocycles. The number of rotatable bonds is 6. The lowest BCUT2D eigenvalue weighted by Gasteiger charge is -2.10. The molecule has 11 heteroatoms. The van der Waals surface area contributed by atoms with Crippen LogP contribution in [0.1, 0.15) is 10.4 Å². The SMILES string of the molecule is COc1ccc(Cl)cc1C(=O)NNC(=O)CSc1ncnc2c1cnn2-c1ccccc1. The first-order valence-corrected chi connectivity index (χ1v) is 10.7. The van der Waals surface area contributed by atoms with Gasteiger partial charge in [0.1, 0.15) is 17.1 Å². The maximum atomic E-state index is 12.4. The average Bonchev–Trinajstić information content (AvgIpc) is 3.26. The van der Waals surface area contributed by atoms with Crippen molar-refractivity contribution >= 4 is 46.2 Å². The van der Waals surface area contributed by atoms with Gasteiger partial charge in [0.05, 0.1) is 35.7 Å². The maximum absolute atomic E-state index is 12.4. The van der Waals surface area contributed by atoms with Gasteiger partial charge in [0.15, 0.2) is 5.65 Å². The van der Waals surface area contributed by atoms with Gasteiger partial charge in [-0.05, 0) is 30.3 Å². The van der Waals surface area contributed by atoms with Crippen LogP contribution in [0.4, 0.5) is 0 Å². The molecule has 9 nitrogen and oxygen atoms in total. The number of fused-ring (bicyclic) bond motifs is 1. The summed E-state index contributed by atoms with van der Waals surface area (Å²) in [5.74, 6) is -0.590. The Morgan fingerprint density at radius 2 is 1.94 bits per heavy atom. The molecule has 32 heavy (non-hydrogen) atoms. The van der Waals surface area contributed by atoms with E-state index < -0.39 is 11.8 Å². The highest BCUT2D eigenvalue weighted by atomic mass is 35.5. The van der Waals surface area contributed by atoms with E-state index in [1.54, 1.807) is 23.0 Å². The number of amides is 2. The molecular weight excluding hydrogens is 452 g/mol. The lowest BCUT2D eigenvalue weighted by molar-refractivity contribution is -0.119. The smallest absolute Gasteiger partial charge is 0.273 e. The average molecular weight is 469 g/mol. The zero-order chi connectivity index (χ0) is 22.5. The fourth-order valence-corrected chi connectivity index (χ4v) is 3.85. The first-order chi connectivity index (χ1) is 15.6. The molecule has 0 aliphatic heterocycles. The van der Waals surface area contributed by atoms with Gasteiger partial charge in [-0.25, -0.2) is 14.6 Å². The Balaban J connectivity index is 1.40. The van der Waals surface area contributed by atoms with E-state index in [9.17, 15) is 9.59 Å². The monoisotopic (exact) mass is 468 g/mol. The molecule has 0 aliphatic carbocycles. The number of ether oxygens (including phenoxy) is 1. The van der Waals surface area contributed by atoms with Crippen molar-refractivity contribution < 1.29 is 14.3 Å². The minimum Gasteiger partial charge on any atom is -0.496 e. The van der Waals surface area contributed by atoms with Crippen LogP contribution in [0.5, 0.6) is 5.75 Å². The number of nitrogens with one attached hydrogen (secondary N) is 2. The third kappa shape index (κ3) is 4.66. The van der Waals surface area contributed by atoms with Crippen molar-refractivity contribution in [2.24, 2.45) is 0 Å². The summed E-state index contributed by atoms with van der Waals surface area (Å²) in [6, 6.07) is 14.2. The van der Waals surface area contributed by atoms with Crippen molar-refractivity contribution in [3.05, 3.63) is 71.6 Å². The fourth-order valence-electron chi connectivity index (χ4n) is 2.92. The largest absolute Gasteiger partial charge is 0.496 e. The summed E-state index contributed by atoms with van der Waals surface area (Å²) in [6.07, 6.45) is 3.09. The summed E-state index contributed by atoms with van der Waals surface area (Å²) in [7, 11) is 1.44. The van der Waals surface area contributed by atoms with Crippen LogP contribution in [0, 0.1) is 0 Å². The first kappa shape index (κ1) is 21.6. The number of methoxy groups -OCH3 is 1. The third-order valence-electron chi connectivity index (χ3n) is 4.39. The summed E-state index contributed by atoms with van der Waals surface area (Å²) in [5.41, 5.74) is 6.45. The van der Waals surface area contributed by atoms with E-state index in [0.29, 0.717) is 21.4 Å². The minimum absolute atomic E-state index is 0.0234. The van der Waals surface area contributed by atoms with E-state index in [4.69, 9.17) is 16.3 Å². The minimum atomic E-state index is -0.545. The van der Waals surface area contributed by atoms with Gasteiger partial charge in [0, 0.05) is 5.02 Å². The van der Waals surface area contributed by atoms with Crippen molar-refractivity contribution in [3.63, 3.8) is 0 Å². The number of carbonyl (C=O) groups is 2. The van der Waals surface area contributed by atoms with Crippen molar-refractivity contribution in [3.8, 4) is 11.4 Å². The van der Waals surface area contributed by atoms with Gasteiger partial charge in [-0.1, -0.05) is 41.6 Å². The molecule has 0 spiro atoms. The zero-order valence-electron chi connectivity index (χ0n) is 16.8. The number of aromatic nitrogens is 4. The molecule has 2 N–H and O–H groups in total. The number of benzene rings is 2.